The van der Waals surface area contributed by atoms with Crippen LogP contribution in [0.15, 0.2) is 24.3 Å². The van der Waals surface area contributed by atoms with Crippen molar-refractivity contribution in [3.63, 3.8) is 0 Å². The first-order chi connectivity index (χ1) is 13.7. The zero-order valence-corrected chi connectivity index (χ0v) is 16.4. The first-order valence-corrected chi connectivity index (χ1v) is 9.40. The van der Waals surface area contributed by atoms with E-state index >= 15 is 0 Å². The Balaban J connectivity index is 0.000000170. The largest absolute Gasteiger partial charge is 0.508 e. The molecule has 6 unspecified atom stereocenters. The molecule has 9 heteroatoms. The van der Waals surface area contributed by atoms with E-state index in [1.54, 1.807) is 13.8 Å². The molecule has 2 saturated heterocycles. The Kier molecular flexibility index (Phi) is 5.95. The molecule has 4 fully saturated rings. The summed E-state index contributed by atoms with van der Waals surface area (Å²) in [5.74, 6) is -0.337. The van der Waals surface area contributed by atoms with E-state index in [4.69, 9.17) is 14.2 Å². The molecule has 0 aromatic heterocycles. The van der Waals surface area contributed by atoms with Crippen molar-refractivity contribution in [3.05, 3.63) is 24.3 Å². The van der Waals surface area contributed by atoms with Gasteiger partial charge in [-0.25, -0.2) is 14.4 Å². The number of hydrogen-bond donors (Lipinski definition) is 0. The van der Waals surface area contributed by atoms with Crippen LogP contribution in [0.4, 0.5) is 4.79 Å². The number of carbonyl (C=O) groups is 4. The van der Waals surface area contributed by atoms with Gasteiger partial charge in [0.05, 0.1) is 5.92 Å². The summed E-state index contributed by atoms with van der Waals surface area (Å²) in [5, 5.41) is 0. The van der Waals surface area contributed by atoms with Gasteiger partial charge in [0.25, 0.3) is 0 Å². The maximum Gasteiger partial charge on any atom is 0.508 e. The van der Waals surface area contributed by atoms with Crippen LogP contribution in [-0.4, -0.2) is 55.6 Å². The van der Waals surface area contributed by atoms with Crippen LogP contribution in [0.25, 0.3) is 0 Å². The molecular weight excluding hydrogens is 384 g/mol. The highest BCUT2D eigenvalue weighted by atomic mass is 16.8. The van der Waals surface area contributed by atoms with Crippen LogP contribution in [0, 0.1) is 17.8 Å². The highest BCUT2D eigenvalue weighted by Gasteiger charge is 2.63. The van der Waals surface area contributed by atoms with Crippen LogP contribution in [0.5, 0.6) is 0 Å². The van der Waals surface area contributed by atoms with Crippen LogP contribution >= 0.6 is 0 Å². The number of fused-ring (bicyclic) bond motifs is 1. The highest BCUT2D eigenvalue weighted by molar-refractivity contribution is 5.87. The molecule has 9 nitrogen and oxygen atoms in total. The third-order valence-electron chi connectivity index (χ3n) is 5.40. The second-order valence-electron chi connectivity index (χ2n) is 7.73. The number of cyclic esters (lactones) is 2. The quantitative estimate of drug-likeness (QED) is 0.381. The Morgan fingerprint density at radius 1 is 1.07 bits per heavy atom. The molecule has 6 atom stereocenters. The first-order valence-electron chi connectivity index (χ1n) is 9.40. The fraction of sp³-hybridized carbons (Fsp3) is 0.600. The fourth-order valence-corrected chi connectivity index (χ4v) is 4.03. The summed E-state index contributed by atoms with van der Waals surface area (Å²) in [5.41, 5.74) is 0.703. The molecule has 2 aliphatic carbocycles. The molecule has 0 radical (unpaired) electrons. The summed E-state index contributed by atoms with van der Waals surface area (Å²) in [6.07, 6.45) is 0.118. The number of hydrogen-bond acceptors (Lipinski definition) is 9. The molecule has 0 spiro atoms. The van der Waals surface area contributed by atoms with Gasteiger partial charge in [-0.2, -0.15) is 0 Å². The molecule has 2 aliphatic heterocycles. The molecule has 29 heavy (non-hydrogen) atoms. The third-order valence-corrected chi connectivity index (χ3v) is 5.40. The van der Waals surface area contributed by atoms with Gasteiger partial charge in [-0.1, -0.05) is 13.2 Å². The first kappa shape index (κ1) is 20.9. The van der Waals surface area contributed by atoms with Crippen molar-refractivity contribution in [2.24, 2.45) is 17.8 Å². The lowest BCUT2D eigenvalue weighted by molar-refractivity contribution is -0.158. The maximum absolute atomic E-state index is 11.5. The van der Waals surface area contributed by atoms with E-state index in [1.165, 1.54) is 0 Å². The Labute approximate surface area is 167 Å². The van der Waals surface area contributed by atoms with E-state index in [-0.39, 0.29) is 49.2 Å². The highest BCUT2D eigenvalue weighted by Crippen LogP contribution is 2.55. The van der Waals surface area contributed by atoms with Crippen molar-refractivity contribution >= 4 is 24.1 Å². The van der Waals surface area contributed by atoms with Crippen LogP contribution in [0.3, 0.4) is 0 Å². The molecule has 4 aliphatic rings. The summed E-state index contributed by atoms with van der Waals surface area (Å²) in [4.78, 5) is 44.3. The van der Waals surface area contributed by atoms with E-state index in [0.717, 1.165) is 12.8 Å². The fourth-order valence-electron chi connectivity index (χ4n) is 4.03. The smallest absolute Gasteiger partial charge is 0.458 e. The minimum Gasteiger partial charge on any atom is -0.458 e. The van der Waals surface area contributed by atoms with Gasteiger partial charge in [0.2, 0.25) is 0 Å². The van der Waals surface area contributed by atoms with Crippen molar-refractivity contribution in [3.8, 4) is 0 Å². The molecule has 0 aromatic rings. The summed E-state index contributed by atoms with van der Waals surface area (Å²) >= 11 is 0. The normalized spacial score (nSPS) is 33.0. The Morgan fingerprint density at radius 2 is 1.76 bits per heavy atom. The average Bonchev–Trinajstić information content (AvgIpc) is 3.38. The molecule has 0 amide bonds. The molecule has 0 aromatic carbocycles. The summed E-state index contributed by atoms with van der Waals surface area (Å²) < 4.78 is 24.5. The van der Waals surface area contributed by atoms with Gasteiger partial charge in [-0.15, -0.1) is 0 Å². The van der Waals surface area contributed by atoms with Crippen LogP contribution in [0.2, 0.25) is 0 Å². The number of esters is 3. The van der Waals surface area contributed by atoms with Gasteiger partial charge in [-0.05, 0) is 26.7 Å². The van der Waals surface area contributed by atoms with Gasteiger partial charge in [0.15, 0.2) is 6.10 Å². The third kappa shape index (κ3) is 4.44. The summed E-state index contributed by atoms with van der Waals surface area (Å²) in [7, 11) is 0. The number of rotatable bonds is 5. The Morgan fingerprint density at radius 3 is 2.34 bits per heavy atom. The maximum atomic E-state index is 11.5. The van der Waals surface area contributed by atoms with E-state index in [1.807, 2.05) is 0 Å². The van der Waals surface area contributed by atoms with Gasteiger partial charge in [0.1, 0.15) is 25.4 Å². The lowest BCUT2D eigenvalue weighted by atomic mass is 9.88. The molecule has 0 N–H and O–H groups in total. The topological polar surface area (TPSA) is 114 Å². The zero-order valence-electron chi connectivity index (χ0n) is 16.4. The Bertz CT molecular complexity index is 755. The second-order valence-corrected chi connectivity index (χ2v) is 7.73. The molecule has 4 rings (SSSR count). The number of carbonyl (C=O) groups excluding carboxylic acids is 4. The van der Waals surface area contributed by atoms with Crippen molar-refractivity contribution in [1.29, 1.82) is 0 Å². The van der Waals surface area contributed by atoms with Crippen LogP contribution in [-0.2, 0) is 38.1 Å². The molecule has 158 valence electrons. The zero-order chi connectivity index (χ0) is 21.3. The SMILES string of the molecule is C=C(C)C(=O)OC1C2CC3C(=O)OC1C3C2.C=C(C)C(=O)OCC1COC(=O)O1. The summed E-state index contributed by atoms with van der Waals surface area (Å²) in [6.45, 7) is 10.3. The lowest BCUT2D eigenvalue weighted by Crippen LogP contribution is -2.36. The second kappa shape index (κ2) is 8.26. The van der Waals surface area contributed by atoms with Crippen molar-refractivity contribution in [2.75, 3.05) is 13.2 Å². The molecule has 2 saturated carbocycles. The molecule has 2 bridgehead atoms. The minimum absolute atomic E-state index is 0.0113. The molecular formula is C20H24O9. The van der Waals surface area contributed by atoms with Crippen molar-refractivity contribution in [1.82, 2.24) is 0 Å². The van der Waals surface area contributed by atoms with E-state index in [0.29, 0.717) is 17.1 Å². The monoisotopic (exact) mass is 408 g/mol. The van der Waals surface area contributed by atoms with Gasteiger partial charge >= 0.3 is 24.1 Å². The van der Waals surface area contributed by atoms with Crippen molar-refractivity contribution < 1.29 is 42.9 Å². The standard InChI is InChI=1S/C12H14O4.C8H10O5/c1-5(2)11(13)15-9-6-3-7-8(4-6)12(14)16-10(7)9;1-5(2)7(9)11-3-6-4-12-8(10)13-6/h6-10H,1,3-4H2,2H3;6H,1,3-4H2,2H3. The summed E-state index contributed by atoms with van der Waals surface area (Å²) in [6, 6.07) is 0. The van der Waals surface area contributed by atoms with Gasteiger partial charge in [0, 0.05) is 23.0 Å². The van der Waals surface area contributed by atoms with Gasteiger partial charge in [-0.3, -0.25) is 4.79 Å². The number of ether oxygens (including phenoxy) is 5. The predicted octanol–water partition coefficient (Wildman–Crippen LogP) is 1.70. The molecule has 2 heterocycles. The van der Waals surface area contributed by atoms with Crippen LogP contribution < -0.4 is 0 Å². The van der Waals surface area contributed by atoms with Crippen LogP contribution in [0.1, 0.15) is 26.7 Å². The van der Waals surface area contributed by atoms with E-state index in [2.05, 4.69) is 22.6 Å². The van der Waals surface area contributed by atoms with E-state index < -0.39 is 18.2 Å². The van der Waals surface area contributed by atoms with E-state index in [9.17, 15) is 19.2 Å². The average molecular weight is 408 g/mol. The van der Waals surface area contributed by atoms with Crippen molar-refractivity contribution in [2.45, 2.75) is 45.0 Å². The van der Waals surface area contributed by atoms with Gasteiger partial charge < -0.3 is 23.7 Å². The lowest BCUT2D eigenvalue weighted by Gasteiger charge is -2.25. The minimum atomic E-state index is -0.726. The predicted molar refractivity (Wildman–Crippen MR) is 96.3 cm³/mol. The Hall–Kier alpha value is -2.84.